The number of allylic oxidation sites excluding steroid dienone is 2. The van der Waals surface area contributed by atoms with Crippen LogP contribution in [0.1, 0.15) is 20.7 Å². The maximum Gasteiger partial charge on any atom is 0.337 e. The molecule has 0 bridgehead atoms. The van der Waals surface area contributed by atoms with E-state index in [1.165, 1.54) is 13.2 Å². The minimum atomic E-state index is -1.10. The van der Waals surface area contributed by atoms with Gasteiger partial charge in [-0.3, -0.25) is 4.79 Å². The molecular weight excluding hydrogens is 258 g/mol. The molecule has 0 saturated carbocycles. The summed E-state index contributed by atoms with van der Waals surface area (Å²) in [5, 5.41) is 9.21. The topological polar surface area (TPSA) is 76.0 Å². The molecule has 0 spiro atoms. The monoisotopic (exact) mass is 269 g/mol. The third-order valence-corrected chi connectivity index (χ3v) is 3.34. The Kier molecular flexibility index (Phi) is 2.84. The van der Waals surface area contributed by atoms with Gasteiger partial charge in [0.25, 0.3) is 0 Å². The fourth-order valence-corrected chi connectivity index (χ4v) is 2.37. The molecule has 0 fully saturated rings. The van der Waals surface area contributed by atoms with Gasteiger partial charge in [0.15, 0.2) is 5.78 Å². The Bertz CT molecular complexity index is 713. The third-order valence-electron chi connectivity index (χ3n) is 3.34. The molecule has 0 radical (unpaired) electrons. The number of aliphatic imine (C=N–C) groups is 1. The van der Waals surface area contributed by atoms with Crippen LogP contribution in [0.3, 0.4) is 0 Å². The lowest BCUT2D eigenvalue weighted by Crippen LogP contribution is -2.31. The molecule has 1 atom stereocenters. The SMILES string of the molecule is COC1C=CC=C2C(=O)c3cccc(C(=O)O)c3N=C21. The van der Waals surface area contributed by atoms with Crippen molar-refractivity contribution >= 4 is 23.2 Å². The summed E-state index contributed by atoms with van der Waals surface area (Å²) in [6.45, 7) is 0. The lowest BCUT2D eigenvalue weighted by Gasteiger charge is -2.24. The second kappa shape index (κ2) is 4.54. The van der Waals surface area contributed by atoms with Crippen LogP contribution < -0.4 is 0 Å². The maximum atomic E-state index is 12.5. The number of carboxylic acid groups (broad SMARTS) is 1. The number of carboxylic acids is 1. The van der Waals surface area contributed by atoms with Gasteiger partial charge in [0.1, 0.15) is 6.10 Å². The minimum Gasteiger partial charge on any atom is -0.478 e. The highest BCUT2D eigenvalue weighted by atomic mass is 16.5. The van der Waals surface area contributed by atoms with Gasteiger partial charge in [0, 0.05) is 18.2 Å². The van der Waals surface area contributed by atoms with Crippen molar-refractivity contribution in [2.75, 3.05) is 7.11 Å². The van der Waals surface area contributed by atoms with Crippen LogP contribution in [0.15, 0.2) is 47.0 Å². The maximum absolute atomic E-state index is 12.5. The highest BCUT2D eigenvalue weighted by Crippen LogP contribution is 2.34. The van der Waals surface area contributed by atoms with Crippen LogP contribution >= 0.6 is 0 Å². The van der Waals surface area contributed by atoms with E-state index in [-0.39, 0.29) is 17.0 Å². The first-order chi connectivity index (χ1) is 9.63. The number of nitrogens with zero attached hydrogens (tertiary/aromatic N) is 1. The van der Waals surface area contributed by atoms with Crippen LogP contribution in [0.2, 0.25) is 0 Å². The molecule has 0 amide bonds. The highest BCUT2D eigenvalue weighted by Gasteiger charge is 2.32. The van der Waals surface area contributed by atoms with Crippen LogP contribution in [0.25, 0.3) is 0 Å². The van der Waals surface area contributed by atoms with Crippen LogP contribution in [-0.2, 0) is 4.74 Å². The van der Waals surface area contributed by atoms with Crippen molar-refractivity contribution in [1.82, 2.24) is 0 Å². The van der Waals surface area contributed by atoms with Gasteiger partial charge in [0.2, 0.25) is 0 Å². The number of ether oxygens (including phenoxy) is 1. The van der Waals surface area contributed by atoms with Gasteiger partial charge in [-0.25, -0.2) is 9.79 Å². The first kappa shape index (κ1) is 12.5. The largest absolute Gasteiger partial charge is 0.478 e. The average Bonchev–Trinajstić information content (AvgIpc) is 2.46. The molecule has 1 aliphatic carbocycles. The Hall–Kier alpha value is -2.53. The summed E-state index contributed by atoms with van der Waals surface area (Å²) in [5.41, 5.74) is 1.45. The van der Waals surface area contributed by atoms with E-state index in [1.807, 2.05) is 0 Å². The quantitative estimate of drug-likeness (QED) is 0.892. The number of rotatable bonds is 2. The first-order valence-corrected chi connectivity index (χ1v) is 6.04. The lowest BCUT2D eigenvalue weighted by atomic mass is 9.88. The summed E-state index contributed by atoms with van der Waals surface area (Å²) in [6.07, 6.45) is 4.75. The number of hydrogen-bond donors (Lipinski definition) is 1. The zero-order valence-electron chi connectivity index (χ0n) is 10.7. The zero-order chi connectivity index (χ0) is 14.3. The summed E-state index contributed by atoms with van der Waals surface area (Å²) < 4.78 is 5.27. The second-order valence-corrected chi connectivity index (χ2v) is 4.45. The highest BCUT2D eigenvalue weighted by molar-refractivity contribution is 6.34. The summed E-state index contributed by atoms with van der Waals surface area (Å²) in [4.78, 5) is 28.1. The number of aromatic carboxylic acids is 1. The molecule has 0 aromatic heterocycles. The molecule has 1 aromatic carbocycles. The molecule has 0 saturated heterocycles. The Morgan fingerprint density at radius 2 is 2.20 bits per heavy atom. The van der Waals surface area contributed by atoms with Crippen molar-refractivity contribution < 1.29 is 19.4 Å². The number of hydrogen-bond acceptors (Lipinski definition) is 4. The zero-order valence-corrected chi connectivity index (χ0v) is 10.7. The Morgan fingerprint density at radius 3 is 2.90 bits per heavy atom. The van der Waals surface area contributed by atoms with Gasteiger partial charge in [-0.2, -0.15) is 0 Å². The number of fused-ring (bicyclic) bond motifs is 2. The van der Waals surface area contributed by atoms with Crippen molar-refractivity contribution in [2.45, 2.75) is 6.10 Å². The predicted molar refractivity (Wildman–Crippen MR) is 72.8 cm³/mol. The number of carbonyl (C=O) groups is 2. The van der Waals surface area contributed by atoms with Crippen molar-refractivity contribution in [3.8, 4) is 0 Å². The van der Waals surface area contributed by atoms with E-state index in [1.54, 1.807) is 30.4 Å². The molecule has 3 rings (SSSR count). The Morgan fingerprint density at radius 1 is 1.40 bits per heavy atom. The first-order valence-electron chi connectivity index (χ1n) is 6.04. The molecule has 1 aliphatic heterocycles. The minimum absolute atomic E-state index is 0.0202. The Labute approximate surface area is 114 Å². The molecule has 5 heteroatoms. The van der Waals surface area contributed by atoms with Crippen LogP contribution in [-0.4, -0.2) is 35.8 Å². The van der Waals surface area contributed by atoms with E-state index < -0.39 is 12.1 Å². The van der Waals surface area contributed by atoms with Crippen molar-refractivity contribution in [3.05, 3.63) is 53.1 Å². The van der Waals surface area contributed by atoms with E-state index in [4.69, 9.17) is 4.74 Å². The predicted octanol–water partition coefficient (Wildman–Crippen LogP) is 2.16. The summed E-state index contributed by atoms with van der Waals surface area (Å²) in [5.74, 6) is -1.33. The van der Waals surface area contributed by atoms with Gasteiger partial charge in [-0.15, -0.1) is 0 Å². The number of carbonyl (C=O) groups excluding carboxylic acids is 1. The van der Waals surface area contributed by atoms with Crippen LogP contribution in [0, 0.1) is 0 Å². The molecule has 1 N–H and O–H groups in total. The van der Waals surface area contributed by atoms with Gasteiger partial charge < -0.3 is 9.84 Å². The number of benzene rings is 1. The fraction of sp³-hybridized carbons (Fsp3) is 0.133. The van der Waals surface area contributed by atoms with Crippen molar-refractivity contribution in [2.24, 2.45) is 4.99 Å². The smallest absolute Gasteiger partial charge is 0.337 e. The molecule has 100 valence electrons. The molecule has 5 nitrogen and oxygen atoms in total. The standard InChI is InChI=1S/C15H11NO4/c1-20-11-7-3-5-9-13(11)16-12-8(14(9)17)4-2-6-10(12)15(18)19/h2-7,11H,1H3,(H,18,19). The van der Waals surface area contributed by atoms with Crippen LogP contribution in [0.4, 0.5) is 5.69 Å². The third kappa shape index (κ3) is 1.71. The molecule has 2 aliphatic rings. The van der Waals surface area contributed by atoms with E-state index in [0.717, 1.165) is 0 Å². The molecular formula is C15H11NO4. The van der Waals surface area contributed by atoms with Gasteiger partial charge in [0.05, 0.1) is 17.0 Å². The van der Waals surface area contributed by atoms with E-state index in [9.17, 15) is 14.7 Å². The summed E-state index contributed by atoms with van der Waals surface area (Å²) in [6, 6.07) is 4.58. The van der Waals surface area contributed by atoms with Crippen molar-refractivity contribution in [1.29, 1.82) is 0 Å². The number of para-hydroxylation sites is 1. The van der Waals surface area contributed by atoms with E-state index >= 15 is 0 Å². The lowest BCUT2D eigenvalue weighted by molar-refractivity contribution is 0.0698. The van der Waals surface area contributed by atoms with Gasteiger partial charge in [-0.1, -0.05) is 12.1 Å². The van der Waals surface area contributed by atoms with Crippen molar-refractivity contribution in [3.63, 3.8) is 0 Å². The summed E-state index contributed by atoms with van der Waals surface area (Å²) >= 11 is 0. The van der Waals surface area contributed by atoms with Crippen LogP contribution in [0.5, 0.6) is 0 Å². The molecule has 1 aromatic rings. The second-order valence-electron chi connectivity index (χ2n) is 4.45. The molecule has 1 unspecified atom stereocenters. The number of methoxy groups -OCH3 is 1. The average molecular weight is 269 g/mol. The number of ketones is 1. The fourth-order valence-electron chi connectivity index (χ4n) is 2.37. The Balaban J connectivity index is 2.26. The van der Waals surface area contributed by atoms with E-state index in [2.05, 4.69) is 4.99 Å². The molecule has 20 heavy (non-hydrogen) atoms. The molecule has 1 heterocycles. The summed E-state index contributed by atoms with van der Waals surface area (Å²) in [7, 11) is 1.52. The van der Waals surface area contributed by atoms with Gasteiger partial charge in [-0.05, 0) is 24.3 Å². The van der Waals surface area contributed by atoms with Gasteiger partial charge >= 0.3 is 5.97 Å². The number of Topliss-reactive ketones (excluding diaryl/α,β-unsaturated/α-hetero) is 1. The normalized spacial score (nSPS) is 19.9. The van der Waals surface area contributed by atoms with E-state index in [0.29, 0.717) is 16.8 Å².